The van der Waals surface area contributed by atoms with E-state index in [4.69, 9.17) is 9.47 Å². The highest BCUT2D eigenvalue weighted by atomic mass is 16.6. The van der Waals surface area contributed by atoms with Gasteiger partial charge in [-0.05, 0) is 18.8 Å². The van der Waals surface area contributed by atoms with Gasteiger partial charge in [0.2, 0.25) is 0 Å². The lowest BCUT2D eigenvalue weighted by Gasteiger charge is -2.15. The lowest BCUT2D eigenvalue weighted by Crippen LogP contribution is -2.28. The third kappa shape index (κ3) is 31.8. The zero-order chi connectivity index (χ0) is 30.9. The second kappa shape index (κ2) is 32.8. The fourth-order valence-electron chi connectivity index (χ4n) is 5.50. The summed E-state index contributed by atoms with van der Waals surface area (Å²) in [6.45, 7) is 6.46. The number of hydrogen-bond acceptors (Lipinski definition) is 5. The van der Waals surface area contributed by atoms with Crippen LogP contribution in [-0.4, -0.2) is 36.4 Å². The minimum absolute atomic E-state index is 0.0587. The smallest absolute Gasteiger partial charge is 0.306 e. The van der Waals surface area contributed by atoms with Crippen molar-refractivity contribution in [1.29, 1.82) is 0 Å². The number of carbonyl (C=O) groups is 2. The number of hydrogen-bond donors (Lipinski definition) is 1. The number of esters is 2. The van der Waals surface area contributed by atoms with Crippen molar-refractivity contribution in [1.82, 2.24) is 0 Å². The average molecular weight is 597 g/mol. The van der Waals surface area contributed by atoms with Crippen LogP contribution in [0.2, 0.25) is 0 Å². The van der Waals surface area contributed by atoms with Gasteiger partial charge in [0.15, 0.2) is 6.10 Å². The Morgan fingerprint density at radius 3 is 1.26 bits per heavy atom. The number of unbranched alkanes of at least 4 members (excludes halogenated alkanes) is 23. The largest absolute Gasteiger partial charge is 0.462 e. The number of carbonyl (C=O) groups excluding carboxylic acids is 2. The minimum Gasteiger partial charge on any atom is -0.462 e. The average Bonchev–Trinajstić information content (AvgIpc) is 2.97. The predicted octanol–water partition coefficient (Wildman–Crippen LogP) is 11.0. The topological polar surface area (TPSA) is 72.8 Å². The van der Waals surface area contributed by atoms with E-state index in [0.29, 0.717) is 12.8 Å². The quantitative estimate of drug-likeness (QED) is 0.0602. The highest BCUT2D eigenvalue weighted by Gasteiger charge is 2.16. The Labute approximate surface area is 261 Å². The number of rotatable bonds is 33. The maximum atomic E-state index is 12.1. The summed E-state index contributed by atoms with van der Waals surface area (Å²) in [6, 6.07) is 0. The summed E-state index contributed by atoms with van der Waals surface area (Å²) in [7, 11) is 0. The monoisotopic (exact) mass is 597 g/mol. The molecule has 1 atom stereocenters. The van der Waals surface area contributed by atoms with Gasteiger partial charge in [-0.25, -0.2) is 0 Å². The standard InChI is InChI=1S/C37H72O5/c1-4-5-6-7-8-9-10-11-12-13-14-15-16-17-21-24-27-30-36(39)41-33-35(32-38)42-37(40)31-28-25-22-19-18-20-23-26-29-34(2)3/h34-35,38H,4-33H2,1-3H3/t35-/m0/s1. The fourth-order valence-corrected chi connectivity index (χ4v) is 5.50. The SMILES string of the molecule is CCCCCCCCCCCCCCCCCCCC(=O)OC[C@H](CO)OC(=O)CCCCCCCCCCC(C)C. The second-order valence-corrected chi connectivity index (χ2v) is 13.1. The molecule has 0 aromatic rings. The van der Waals surface area contributed by atoms with E-state index in [1.807, 2.05) is 0 Å². The zero-order valence-corrected chi connectivity index (χ0v) is 28.4. The molecule has 0 heterocycles. The Morgan fingerprint density at radius 1 is 0.524 bits per heavy atom. The summed E-state index contributed by atoms with van der Waals surface area (Å²) < 4.78 is 10.6. The van der Waals surface area contributed by atoms with Crippen LogP contribution < -0.4 is 0 Å². The van der Waals surface area contributed by atoms with E-state index in [2.05, 4.69) is 20.8 Å². The van der Waals surface area contributed by atoms with E-state index >= 15 is 0 Å². The normalized spacial score (nSPS) is 12.1. The van der Waals surface area contributed by atoms with E-state index in [9.17, 15) is 14.7 Å². The molecule has 5 heteroatoms. The van der Waals surface area contributed by atoms with Crippen molar-refractivity contribution in [2.24, 2.45) is 5.92 Å². The predicted molar refractivity (Wildman–Crippen MR) is 178 cm³/mol. The summed E-state index contributed by atoms with van der Waals surface area (Å²) in [5.41, 5.74) is 0. The molecular formula is C37H72O5. The number of aliphatic hydroxyl groups is 1. The summed E-state index contributed by atoms with van der Waals surface area (Å²) in [4.78, 5) is 24.1. The molecular weight excluding hydrogens is 524 g/mol. The van der Waals surface area contributed by atoms with Crippen molar-refractivity contribution in [3.8, 4) is 0 Å². The molecule has 0 fully saturated rings. The van der Waals surface area contributed by atoms with E-state index in [-0.39, 0.29) is 25.2 Å². The highest BCUT2D eigenvalue weighted by molar-refractivity contribution is 5.70. The molecule has 1 N–H and O–H groups in total. The van der Waals surface area contributed by atoms with Crippen LogP contribution in [0.3, 0.4) is 0 Å². The lowest BCUT2D eigenvalue weighted by molar-refractivity contribution is -0.161. The molecule has 0 amide bonds. The summed E-state index contributed by atoms with van der Waals surface area (Å²) >= 11 is 0. The lowest BCUT2D eigenvalue weighted by atomic mass is 10.0. The molecule has 250 valence electrons. The van der Waals surface area contributed by atoms with Gasteiger partial charge < -0.3 is 14.6 Å². The van der Waals surface area contributed by atoms with Gasteiger partial charge in [0.1, 0.15) is 6.61 Å². The molecule has 42 heavy (non-hydrogen) atoms. The molecule has 0 unspecified atom stereocenters. The maximum absolute atomic E-state index is 12.1. The first-order valence-corrected chi connectivity index (χ1v) is 18.5. The molecule has 5 nitrogen and oxygen atoms in total. The number of aliphatic hydroxyl groups excluding tert-OH is 1. The van der Waals surface area contributed by atoms with Gasteiger partial charge in [0.05, 0.1) is 6.61 Å². The van der Waals surface area contributed by atoms with Gasteiger partial charge in [-0.15, -0.1) is 0 Å². The van der Waals surface area contributed by atoms with Gasteiger partial charge in [0, 0.05) is 12.8 Å². The molecule has 0 bridgehead atoms. The Hall–Kier alpha value is -1.10. The maximum Gasteiger partial charge on any atom is 0.306 e. The third-order valence-electron chi connectivity index (χ3n) is 8.33. The Kier molecular flexibility index (Phi) is 31.9. The van der Waals surface area contributed by atoms with Crippen LogP contribution in [0.1, 0.15) is 201 Å². The fraction of sp³-hybridized carbons (Fsp3) is 0.946. The Balaban J connectivity index is 3.50. The van der Waals surface area contributed by atoms with Crippen molar-refractivity contribution in [2.45, 2.75) is 207 Å². The van der Waals surface area contributed by atoms with Crippen LogP contribution in [0.15, 0.2) is 0 Å². The molecule has 0 spiro atoms. The van der Waals surface area contributed by atoms with Crippen molar-refractivity contribution in [3.63, 3.8) is 0 Å². The summed E-state index contributed by atoms with van der Waals surface area (Å²) in [5, 5.41) is 9.51. The van der Waals surface area contributed by atoms with E-state index in [0.717, 1.165) is 38.0 Å². The van der Waals surface area contributed by atoms with Crippen LogP contribution in [0.4, 0.5) is 0 Å². The van der Waals surface area contributed by atoms with Gasteiger partial charge >= 0.3 is 11.9 Å². The van der Waals surface area contributed by atoms with E-state index < -0.39 is 6.10 Å². The number of ether oxygens (including phenoxy) is 2. The van der Waals surface area contributed by atoms with Crippen LogP contribution in [-0.2, 0) is 19.1 Å². The van der Waals surface area contributed by atoms with Crippen LogP contribution >= 0.6 is 0 Å². The van der Waals surface area contributed by atoms with E-state index in [1.54, 1.807) is 0 Å². The van der Waals surface area contributed by atoms with Gasteiger partial charge in [-0.2, -0.15) is 0 Å². The Bertz CT molecular complexity index is 577. The van der Waals surface area contributed by atoms with Crippen LogP contribution in [0, 0.1) is 5.92 Å². The highest BCUT2D eigenvalue weighted by Crippen LogP contribution is 2.15. The molecule has 0 saturated heterocycles. The molecule has 0 rings (SSSR count). The molecule has 0 aliphatic heterocycles. The van der Waals surface area contributed by atoms with Crippen LogP contribution in [0.5, 0.6) is 0 Å². The molecule has 0 aliphatic rings. The summed E-state index contributed by atoms with van der Waals surface area (Å²) in [6.07, 6.45) is 33.1. The minimum atomic E-state index is -0.761. The second-order valence-electron chi connectivity index (χ2n) is 13.1. The van der Waals surface area contributed by atoms with Crippen molar-refractivity contribution in [2.75, 3.05) is 13.2 Å². The van der Waals surface area contributed by atoms with Crippen molar-refractivity contribution in [3.05, 3.63) is 0 Å². The van der Waals surface area contributed by atoms with E-state index in [1.165, 1.54) is 135 Å². The van der Waals surface area contributed by atoms with Gasteiger partial charge in [-0.3, -0.25) is 9.59 Å². The van der Waals surface area contributed by atoms with Gasteiger partial charge in [-0.1, -0.05) is 175 Å². The molecule has 0 saturated carbocycles. The summed E-state index contributed by atoms with van der Waals surface area (Å²) in [5.74, 6) is 0.224. The van der Waals surface area contributed by atoms with Crippen LogP contribution in [0.25, 0.3) is 0 Å². The first-order valence-electron chi connectivity index (χ1n) is 18.5. The zero-order valence-electron chi connectivity index (χ0n) is 28.4. The third-order valence-corrected chi connectivity index (χ3v) is 8.33. The first kappa shape index (κ1) is 40.9. The molecule has 0 aromatic heterocycles. The molecule has 0 radical (unpaired) electrons. The molecule has 0 aromatic carbocycles. The Morgan fingerprint density at radius 2 is 0.881 bits per heavy atom. The molecule has 0 aliphatic carbocycles. The van der Waals surface area contributed by atoms with Gasteiger partial charge in [0.25, 0.3) is 0 Å². The van der Waals surface area contributed by atoms with Crippen molar-refractivity contribution >= 4 is 11.9 Å². The first-order chi connectivity index (χ1) is 20.5. The van der Waals surface area contributed by atoms with Crippen molar-refractivity contribution < 1.29 is 24.2 Å².